The standard InChI is InChI=1S/C17H21NO5/c1-12(18-17(19)14-6-7-22-11-14)13-4-5-15(16(10-13)21-3)23-9-8-20-2/h4-7,10-12H,8-9H2,1-3H3,(H,18,19). The van der Waals surface area contributed by atoms with Gasteiger partial charge in [0.2, 0.25) is 0 Å². The van der Waals surface area contributed by atoms with Crippen molar-refractivity contribution < 1.29 is 23.4 Å². The van der Waals surface area contributed by atoms with E-state index in [4.69, 9.17) is 18.6 Å². The molecule has 0 saturated carbocycles. The van der Waals surface area contributed by atoms with Crippen LogP contribution in [0.5, 0.6) is 11.5 Å². The molecular weight excluding hydrogens is 298 g/mol. The predicted molar refractivity (Wildman–Crippen MR) is 85.0 cm³/mol. The lowest BCUT2D eigenvalue weighted by atomic mass is 10.1. The Kier molecular flexibility index (Phi) is 6.05. The molecular formula is C17H21NO5. The molecule has 2 rings (SSSR count). The van der Waals surface area contributed by atoms with E-state index in [9.17, 15) is 4.79 Å². The van der Waals surface area contributed by atoms with Gasteiger partial charge < -0.3 is 23.9 Å². The molecule has 1 aromatic carbocycles. The molecule has 1 N–H and O–H groups in total. The first-order valence-electron chi connectivity index (χ1n) is 7.28. The van der Waals surface area contributed by atoms with Gasteiger partial charge in [-0.2, -0.15) is 0 Å². The number of hydrogen-bond acceptors (Lipinski definition) is 5. The fourth-order valence-electron chi connectivity index (χ4n) is 2.06. The molecule has 23 heavy (non-hydrogen) atoms. The Morgan fingerprint density at radius 3 is 2.70 bits per heavy atom. The first kappa shape index (κ1) is 16.9. The normalized spacial score (nSPS) is 11.8. The van der Waals surface area contributed by atoms with Crippen LogP contribution in [0.4, 0.5) is 0 Å². The molecule has 2 aromatic rings. The Bertz CT molecular complexity index is 624. The third kappa shape index (κ3) is 4.50. The summed E-state index contributed by atoms with van der Waals surface area (Å²) in [6.45, 7) is 2.85. The van der Waals surface area contributed by atoms with Gasteiger partial charge in [0.25, 0.3) is 5.91 Å². The first-order chi connectivity index (χ1) is 11.2. The Hall–Kier alpha value is -2.47. The van der Waals surface area contributed by atoms with E-state index < -0.39 is 0 Å². The van der Waals surface area contributed by atoms with Crippen LogP contribution in [0.3, 0.4) is 0 Å². The van der Waals surface area contributed by atoms with Crippen molar-refractivity contribution in [3.63, 3.8) is 0 Å². The molecule has 0 radical (unpaired) electrons. The zero-order valence-electron chi connectivity index (χ0n) is 13.5. The van der Waals surface area contributed by atoms with Crippen LogP contribution in [0.15, 0.2) is 41.2 Å². The molecule has 1 amide bonds. The molecule has 1 unspecified atom stereocenters. The van der Waals surface area contributed by atoms with Crippen LogP contribution >= 0.6 is 0 Å². The van der Waals surface area contributed by atoms with Gasteiger partial charge in [-0.05, 0) is 30.7 Å². The number of amides is 1. The van der Waals surface area contributed by atoms with E-state index in [0.29, 0.717) is 30.3 Å². The van der Waals surface area contributed by atoms with Gasteiger partial charge in [-0.15, -0.1) is 0 Å². The van der Waals surface area contributed by atoms with E-state index >= 15 is 0 Å². The number of nitrogens with one attached hydrogen (secondary N) is 1. The number of ether oxygens (including phenoxy) is 3. The maximum atomic E-state index is 12.0. The van der Waals surface area contributed by atoms with Gasteiger partial charge in [0, 0.05) is 7.11 Å². The van der Waals surface area contributed by atoms with E-state index in [-0.39, 0.29) is 11.9 Å². The van der Waals surface area contributed by atoms with E-state index in [0.717, 1.165) is 5.56 Å². The van der Waals surface area contributed by atoms with Crippen molar-refractivity contribution in [2.45, 2.75) is 13.0 Å². The molecule has 0 aliphatic carbocycles. The van der Waals surface area contributed by atoms with Crippen molar-refractivity contribution >= 4 is 5.91 Å². The van der Waals surface area contributed by atoms with Gasteiger partial charge in [0.1, 0.15) is 12.9 Å². The van der Waals surface area contributed by atoms with Crippen molar-refractivity contribution in [1.29, 1.82) is 0 Å². The average Bonchev–Trinajstić information content (AvgIpc) is 3.09. The second-order valence-electron chi connectivity index (χ2n) is 4.96. The number of carbonyl (C=O) groups is 1. The molecule has 1 aromatic heterocycles. The molecule has 0 aliphatic heterocycles. The minimum atomic E-state index is -0.189. The highest BCUT2D eigenvalue weighted by Crippen LogP contribution is 2.30. The van der Waals surface area contributed by atoms with Gasteiger partial charge in [-0.3, -0.25) is 4.79 Å². The lowest BCUT2D eigenvalue weighted by molar-refractivity contribution is 0.0939. The van der Waals surface area contributed by atoms with E-state index in [1.165, 1.54) is 12.5 Å². The quantitative estimate of drug-likeness (QED) is 0.758. The third-order valence-electron chi connectivity index (χ3n) is 3.36. The molecule has 124 valence electrons. The van der Waals surface area contributed by atoms with Gasteiger partial charge in [-0.1, -0.05) is 6.07 Å². The summed E-state index contributed by atoms with van der Waals surface area (Å²) in [5, 5.41) is 2.91. The van der Waals surface area contributed by atoms with Crippen LogP contribution in [0.25, 0.3) is 0 Å². The summed E-state index contributed by atoms with van der Waals surface area (Å²) in [7, 11) is 3.20. The second kappa shape index (κ2) is 8.24. The molecule has 0 saturated heterocycles. The Balaban J connectivity index is 2.05. The highest BCUT2D eigenvalue weighted by molar-refractivity contribution is 5.94. The van der Waals surface area contributed by atoms with Gasteiger partial charge in [0.15, 0.2) is 11.5 Å². The number of furan rings is 1. The molecule has 0 fully saturated rings. The lowest BCUT2D eigenvalue weighted by Crippen LogP contribution is -2.26. The molecule has 1 atom stereocenters. The first-order valence-corrected chi connectivity index (χ1v) is 7.28. The fraction of sp³-hybridized carbons (Fsp3) is 0.353. The summed E-state index contributed by atoms with van der Waals surface area (Å²) in [6.07, 6.45) is 2.88. The lowest BCUT2D eigenvalue weighted by Gasteiger charge is -2.17. The topological polar surface area (TPSA) is 69.9 Å². The number of hydrogen-bond donors (Lipinski definition) is 1. The number of rotatable bonds is 8. The highest BCUT2D eigenvalue weighted by atomic mass is 16.5. The monoisotopic (exact) mass is 319 g/mol. The van der Waals surface area contributed by atoms with Crippen LogP contribution in [-0.2, 0) is 4.74 Å². The molecule has 0 spiro atoms. The maximum absolute atomic E-state index is 12.0. The zero-order valence-corrected chi connectivity index (χ0v) is 13.5. The van der Waals surface area contributed by atoms with E-state index in [1.807, 2.05) is 25.1 Å². The fourth-order valence-corrected chi connectivity index (χ4v) is 2.06. The van der Waals surface area contributed by atoms with Crippen LogP contribution in [0, 0.1) is 0 Å². The van der Waals surface area contributed by atoms with Crippen molar-refractivity contribution in [3.05, 3.63) is 47.9 Å². The van der Waals surface area contributed by atoms with Gasteiger partial charge in [-0.25, -0.2) is 0 Å². The average molecular weight is 319 g/mol. The smallest absolute Gasteiger partial charge is 0.255 e. The summed E-state index contributed by atoms with van der Waals surface area (Å²) < 4.78 is 20.8. The SMILES string of the molecule is COCCOc1ccc(C(C)NC(=O)c2ccoc2)cc1OC. The van der Waals surface area contributed by atoms with Crippen LogP contribution in [0.1, 0.15) is 28.9 Å². The largest absolute Gasteiger partial charge is 0.493 e. The Morgan fingerprint density at radius 2 is 2.04 bits per heavy atom. The second-order valence-corrected chi connectivity index (χ2v) is 4.96. The van der Waals surface area contributed by atoms with Gasteiger partial charge in [0.05, 0.1) is 31.6 Å². The molecule has 6 heteroatoms. The maximum Gasteiger partial charge on any atom is 0.255 e. The molecule has 1 heterocycles. The summed E-state index contributed by atoms with van der Waals surface area (Å²) in [4.78, 5) is 12.0. The van der Waals surface area contributed by atoms with Gasteiger partial charge >= 0.3 is 0 Å². The Morgan fingerprint density at radius 1 is 1.22 bits per heavy atom. The highest BCUT2D eigenvalue weighted by Gasteiger charge is 2.14. The molecule has 0 aliphatic rings. The number of benzene rings is 1. The minimum absolute atomic E-state index is 0.181. The predicted octanol–water partition coefficient (Wildman–Crippen LogP) is 2.80. The third-order valence-corrected chi connectivity index (χ3v) is 3.36. The van der Waals surface area contributed by atoms with Crippen LogP contribution in [-0.4, -0.2) is 33.3 Å². The van der Waals surface area contributed by atoms with Crippen molar-refractivity contribution in [2.24, 2.45) is 0 Å². The minimum Gasteiger partial charge on any atom is -0.493 e. The summed E-state index contributed by atoms with van der Waals surface area (Å²) in [6, 6.07) is 7.01. The van der Waals surface area contributed by atoms with E-state index in [2.05, 4.69) is 5.32 Å². The van der Waals surface area contributed by atoms with Crippen molar-refractivity contribution in [2.75, 3.05) is 27.4 Å². The molecule has 6 nitrogen and oxygen atoms in total. The number of carbonyl (C=O) groups excluding carboxylic acids is 1. The van der Waals surface area contributed by atoms with Crippen molar-refractivity contribution in [3.8, 4) is 11.5 Å². The Labute approximate surface area is 135 Å². The molecule has 0 bridgehead atoms. The summed E-state index contributed by atoms with van der Waals surface area (Å²) in [5.74, 6) is 1.07. The van der Waals surface area contributed by atoms with E-state index in [1.54, 1.807) is 20.3 Å². The van der Waals surface area contributed by atoms with Crippen LogP contribution in [0.2, 0.25) is 0 Å². The number of methoxy groups -OCH3 is 2. The van der Waals surface area contributed by atoms with Crippen molar-refractivity contribution in [1.82, 2.24) is 5.32 Å². The summed E-state index contributed by atoms with van der Waals surface area (Å²) >= 11 is 0. The van der Waals surface area contributed by atoms with Crippen LogP contribution < -0.4 is 14.8 Å². The zero-order chi connectivity index (χ0) is 16.7. The summed E-state index contributed by atoms with van der Waals surface area (Å²) in [5.41, 5.74) is 1.40.